The van der Waals surface area contributed by atoms with Crippen molar-refractivity contribution in [3.05, 3.63) is 65.1 Å². The van der Waals surface area contributed by atoms with Crippen molar-refractivity contribution < 1.29 is 13.5 Å². The summed E-state index contributed by atoms with van der Waals surface area (Å²) in [6.07, 6.45) is 3.80. The van der Waals surface area contributed by atoms with E-state index in [2.05, 4.69) is 32.3 Å². The van der Waals surface area contributed by atoms with Crippen molar-refractivity contribution in [3.63, 3.8) is 0 Å². The molecule has 0 saturated carbocycles. The lowest BCUT2D eigenvalue weighted by molar-refractivity contribution is 0.287. The smallest absolute Gasteiger partial charge is 0.178 e. The number of hydrogen-bond acceptors (Lipinski definition) is 5. The molecule has 0 amide bonds. The van der Waals surface area contributed by atoms with Crippen molar-refractivity contribution >= 4 is 11.4 Å². The van der Waals surface area contributed by atoms with Gasteiger partial charge < -0.3 is 15.0 Å². The highest BCUT2D eigenvalue weighted by Gasteiger charge is 2.25. The molecule has 0 aliphatic carbocycles. The zero-order valence-electron chi connectivity index (χ0n) is 18.3. The summed E-state index contributed by atoms with van der Waals surface area (Å²) >= 11 is 0. The van der Waals surface area contributed by atoms with Crippen LogP contribution in [0.15, 0.2) is 36.5 Å². The molecule has 1 aromatic heterocycles. The maximum Gasteiger partial charge on any atom is 0.178 e. The number of benzene rings is 2. The average Bonchev–Trinajstić information content (AvgIpc) is 2.79. The number of fused-ring (bicyclic) bond motifs is 2. The van der Waals surface area contributed by atoms with E-state index in [0.717, 1.165) is 24.9 Å². The van der Waals surface area contributed by atoms with Gasteiger partial charge in [0.05, 0.1) is 18.4 Å². The first-order valence-corrected chi connectivity index (χ1v) is 11.1. The molecule has 1 N–H and O–H groups in total. The quantitative estimate of drug-likeness (QED) is 0.625. The Labute approximate surface area is 186 Å². The molecular formula is C25H26F2N4O. The molecule has 166 valence electrons. The summed E-state index contributed by atoms with van der Waals surface area (Å²) in [6.45, 7) is 6.14. The summed E-state index contributed by atoms with van der Waals surface area (Å²) in [7, 11) is 0. The third-order valence-electron chi connectivity index (χ3n) is 6.07. The third-order valence-corrected chi connectivity index (χ3v) is 6.07. The predicted octanol–water partition coefficient (Wildman–Crippen LogP) is 4.98. The van der Waals surface area contributed by atoms with Crippen molar-refractivity contribution in [3.8, 4) is 17.0 Å². The molecule has 0 fully saturated rings. The Balaban J connectivity index is 1.49. The van der Waals surface area contributed by atoms with Gasteiger partial charge in [-0.15, -0.1) is 0 Å². The van der Waals surface area contributed by atoms with Crippen LogP contribution in [0.4, 0.5) is 20.2 Å². The highest BCUT2D eigenvalue weighted by atomic mass is 19.1. The number of hydrogen-bond donors (Lipinski definition) is 1. The van der Waals surface area contributed by atoms with Gasteiger partial charge in [-0.3, -0.25) is 0 Å². The maximum atomic E-state index is 14.9. The fraction of sp³-hybridized carbons (Fsp3) is 0.360. The Morgan fingerprint density at radius 3 is 2.88 bits per heavy atom. The molecule has 3 aromatic rings. The summed E-state index contributed by atoms with van der Waals surface area (Å²) in [6, 6.07) is 9.49. The van der Waals surface area contributed by atoms with Crippen molar-refractivity contribution in [1.82, 2.24) is 9.97 Å². The van der Waals surface area contributed by atoms with Crippen LogP contribution in [0.25, 0.3) is 11.3 Å². The van der Waals surface area contributed by atoms with Gasteiger partial charge in [-0.05, 0) is 56.0 Å². The van der Waals surface area contributed by atoms with Crippen molar-refractivity contribution in [2.75, 3.05) is 29.9 Å². The molecule has 7 heteroatoms. The lowest BCUT2D eigenvalue weighted by atomic mass is 9.99. The van der Waals surface area contributed by atoms with E-state index in [9.17, 15) is 8.78 Å². The van der Waals surface area contributed by atoms with E-state index < -0.39 is 11.6 Å². The Hall–Kier alpha value is -3.22. The summed E-state index contributed by atoms with van der Waals surface area (Å²) in [5.41, 5.74) is 4.63. The third kappa shape index (κ3) is 3.87. The topological polar surface area (TPSA) is 50.3 Å². The van der Waals surface area contributed by atoms with E-state index in [1.165, 1.54) is 23.5 Å². The fourth-order valence-electron chi connectivity index (χ4n) is 4.49. The lowest BCUT2D eigenvalue weighted by Gasteiger charge is -2.34. The van der Waals surface area contributed by atoms with Gasteiger partial charge in [0.2, 0.25) is 0 Å². The molecule has 2 aromatic carbocycles. The second-order valence-electron chi connectivity index (χ2n) is 8.62. The Morgan fingerprint density at radius 2 is 2.03 bits per heavy atom. The minimum Gasteiger partial charge on any atom is -0.486 e. The second-order valence-corrected chi connectivity index (χ2v) is 8.62. The second kappa shape index (κ2) is 8.37. The van der Waals surface area contributed by atoms with Crippen LogP contribution >= 0.6 is 0 Å². The van der Waals surface area contributed by atoms with Gasteiger partial charge in [-0.25, -0.2) is 18.7 Å². The minimum absolute atomic E-state index is 0.102. The number of nitrogens with zero attached hydrogens (tertiary/aromatic N) is 3. The van der Waals surface area contributed by atoms with Crippen LogP contribution in [0.3, 0.4) is 0 Å². The van der Waals surface area contributed by atoms with Gasteiger partial charge in [0, 0.05) is 30.3 Å². The normalized spacial score (nSPS) is 15.1. The lowest BCUT2D eigenvalue weighted by Crippen LogP contribution is -2.38. The summed E-state index contributed by atoms with van der Waals surface area (Å²) in [5.74, 6) is -0.369. The molecule has 32 heavy (non-hydrogen) atoms. The molecule has 0 radical (unpaired) electrons. The largest absolute Gasteiger partial charge is 0.486 e. The molecule has 0 bridgehead atoms. The number of nitrogens with one attached hydrogen (secondary N) is 1. The Kier molecular flexibility index (Phi) is 5.41. The summed E-state index contributed by atoms with van der Waals surface area (Å²) < 4.78 is 35.2. The van der Waals surface area contributed by atoms with Crippen LogP contribution in [-0.4, -0.2) is 35.7 Å². The molecular weight excluding hydrogens is 410 g/mol. The molecule has 5 nitrogen and oxygen atoms in total. The molecule has 2 aliphatic heterocycles. The summed E-state index contributed by atoms with van der Waals surface area (Å²) in [5, 5.41) is 3.40. The van der Waals surface area contributed by atoms with Crippen molar-refractivity contribution in [2.45, 2.75) is 39.2 Å². The summed E-state index contributed by atoms with van der Waals surface area (Å²) in [4.78, 5) is 10.7. The standard InChI is InChI=1S/C25H26F2N4O/c1-15(2)31-8-9-32-25-19(26)12-18(13-22(25)31)24-20(27)14-29-23(30-24)11-16-5-6-21-17(10-16)4-3-7-28-21/h5-6,10,12-15,28H,3-4,7-9,11H2,1-2H3. The van der Waals surface area contributed by atoms with Gasteiger partial charge in [0.15, 0.2) is 17.4 Å². The molecule has 0 unspecified atom stereocenters. The average molecular weight is 437 g/mol. The van der Waals surface area contributed by atoms with E-state index in [4.69, 9.17) is 4.74 Å². The minimum atomic E-state index is -0.574. The molecule has 0 spiro atoms. The number of anilines is 2. The molecule has 2 aliphatic rings. The van der Waals surface area contributed by atoms with Crippen LogP contribution < -0.4 is 15.0 Å². The predicted molar refractivity (Wildman–Crippen MR) is 121 cm³/mol. The van der Waals surface area contributed by atoms with Gasteiger partial charge >= 0.3 is 0 Å². The highest BCUT2D eigenvalue weighted by molar-refractivity contribution is 5.72. The zero-order chi connectivity index (χ0) is 22.2. The first kappa shape index (κ1) is 20.7. The zero-order valence-corrected chi connectivity index (χ0v) is 18.3. The van der Waals surface area contributed by atoms with E-state index in [0.29, 0.717) is 36.6 Å². The maximum absolute atomic E-state index is 14.9. The molecule has 3 heterocycles. The number of aromatic nitrogens is 2. The first-order valence-electron chi connectivity index (χ1n) is 11.1. The van der Waals surface area contributed by atoms with Crippen LogP contribution in [-0.2, 0) is 12.8 Å². The monoisotopic (exact) mass is 436 g/mol. The number of aryl methyl sites for hydroxylation is 1. The number of rotatable bonds is 4. The van der Waals surface area contributed by atoms with Gasteiger partial charge in [0.25, 0.3) is 0 Å². The van der Waals surface area contributed by atoms with Crippen LogP contribution in [0, 0.1) is 11.6 Å². The van der Waals surface area contributed by atoms with E-state index >= 15 is 0 Å². The van der Waals surface area contributed by atoms with Gasteiger partial charge in [-0.2, -0.15) is 0 Å². The number of ether oxygens (including phenoxy) is 1. The van der Waals surface area contributed by atoms with E-state index in [1.807, 2.05) is 19.9 Å². The molecule has 5 rings (SSSR count). The highest BCUT2D eigenvalue weighted by Crippen LogP contribution is 2.39. The number of halogens is 2. The SMILES string of the molecule is CC(C)N1CCOc2c(F)cc(-c3nc(Cc4ccc5c(c4)CCCN5)ncc3F)cc21. The Bertz CT molecular complexity index is 1160. The van der Waals surface area contributed by atoms with E-state index in [-0.39, 0.29) is 17.5 Å². The van der Waals surface area contributed by atoms with E-state index in [1.54, 1.807) is 6.07 Å². The van der Waals surface area contributed by atoms with Crippen LogP contribution in [0.5, 0.6) is 5.75 Å². The van der Waals surface area contributed by atoms with Gasteiger partial charge in [0.1, 0.15) is 18.1 Å². The fourth-order valence-corrected chi connectivity index (χ4v) is 4.49. The van der Waals surface area contributed by atoms with Crippen LogP contribution in [0.2, 0.25) is 0 Å². The van der Waals surface area contributed by atoms with Gasteiger partial charge in [-0.1, -0.05) is 12.1 Å². The molecule has 0 atom stereocenters. The first-order chi connectivity index (χ1) is 15.5. The Morgan fingerprint density at radius 1 is 1.16 bits per heavy atom. The van der Waals surface area contributed by atoms with Crippen LogP contribution in [0.1, 0.15) is 37.2 Å². The molecule has 0 saturated heterocycles. The van der Waals surface area contributed by atoms with Crippen molar-refractivity contribution in [1.29, 1.82) is 0 Å². The van der Waals surface area contributed by atoms with Crippen molar-refractivity contribution in [2.24, 2.45) is 0 Å².